The lowest BCUT2D eigenvalue weighted by molar-refractivity contribution is -0.151. The van der Waals surface area contributed by atoms with Gasteiger partial charge in [-0.05, 0) is 38.0 Å². The molecule has 134 valence electrons. The number of hydrogen-bond donors (Lipinski definition) is 0. The molecule has 0 aliphatic rings. The summed E-state index contributed by atoms with van der Waals surface area (Å²) >= 11 is 0. The number of esters is 1. The topological polar surface area (TPSA) is 82.8 Å². The molecule has 1 heterocycles. The molecule has 0 bridgehead atoms. The van der Waals surface area contributed by atoms with Gasteiger partial charge in [-0.2, -0.15) is 0 Å². The van der Waals surface area contributed by atoms with Crippen molar-refractivity contribution in [2.45, 2.75) is 46.6 Å². The van der Waals surface area contributed by atoms with Crippen LogP contribution in [0.3, 0.4) is 0 Å². The van der Waals surface area contributed by atoms with Gasteiger partial charge in [0.1, 0.15) is 11.3 Å². The molecule has 1 atom stereocenters. The number of benzene rings is 1. The highest BCUT2D eigenvalue weighted by molar-refractivity contribution is 6.08. The summed E-state index contributed by atoms with van der Waals surface area (Å²) in [6.07, 6.45) is -0.241. The summed E-state index contributed by atoms with van der Waals surface area (Å²) in [6, 6.07) is 4.71. The van der Waals surface area contributed by atoms with Crippen LogP contribution in [0.25, 0.3) is 11.0 Å². The second kappa shape index (κ2) is 7.96. The highest BCUT2D eigenvalue weighted by Gasteiger charge is 2.25. The van der Waals surface area contributed by atoms with Crippen molar-refractivity contribution in [3.8, 4) is 5.75 Å². The Morgan fingerprint density at radius 2 is 1.92 bits per heavy atom. The standard InChI is InChI=1S/C19H22O6/c1-5-13(20)17-15(24-14(6-2)19(22)23-7-3)9-8-12-11(4)10-16(21)25-18(12)17/h8-10,14H,5-7H2,1-4H3/t14-/m1/s1. The van der Waals surface area contributed by atoms with E-state index in [1.165, 1.54) is 6.07 Å². The van der Waals surface area contributed by atoms with Gasteiger partial charge >= 0.3 is 11.6 Å². The fourth-order valence-electron chi connectivity index (χ4n) is 2.59. The average molecular weight is 346 g/mol. The average Bonchev–Trinajstić information content (AvgIpc) is 2.58. The second-order valence-corrected chi connectivity index (χ2v) is 5.61. The van der Waals surface area contributed by atoms with Crippen LogP contribution in [0.1, 0.15) is 49.5 Å². The SMILES string of the molecule is CCOC(=O)[C@@H](CC)Oc1ccc2c(C)cc(=O)oc2c1C(=O)CC. The second-order valence-electron chi connectivity index (χ2n) is 5.61. The molecule has 0 spiro atoms. The van der Waals surface area contributed by atoms with Gasteiger partial charge in [0.05, 0.1) is 6.61 Å². The summed E-state index contributed by atoms with van der Waals surface area (Å²) < 4.78 is 16.0. The van der Waals surface area contributed by atoms with Gasteiger partial charge in [0, 0.05) is 17.9 Å². The van der Waals surface area contributed by atoms with E-state index in [4.69, 9.17) is 13.9 Å². The molecule has 0 saturated heterocycles. The Bertz CT molecular complexity index is 849. The van der Waals surface area contributed by atoms with Crippen LogP contribution < -0.4 is 10.4 Å². The molecular formula is C19H22O6. The van der Waals surface area contributed by atoms with Gasteiger partial charge in [0.2, 0.25) is 0 Å². The van der Waals surface area contributed by atoms with E-state index >= 15 is 0 Å². The summed E-state index contributed by atoms with van der Waals surface area (Å²) in [7, 11) is 0. The van der Waals surface area contributed by atoms with Crippen molar-refractivity contribution in [3.63, 3.8) is 0 Å². The van der Waals surface area contributed by atoms with Crippen LogP contribution >= 0.6 is 0 Å². The minimum Gasteiger partial charge on any atom is -0.478 e. The minimum atomic E-state index is -0.836. The fourth-order valence-corrected chi connectivity index (χ4v) is 2.59. The number of carbonyl (C=O) groups is 2. The summed E-state index contributed by atoms with van der Waals surface area (Å²) in [5.41, 5.74) is 0.543. The van der Waals surface area contributed by atoms with Crippen molar-refractivity contribution in [1.29, 1.82) is 0 Å². The molecule has 2 aromatic rings. The zero-order valence-corrected chi connectivity index (χ0v) is 14.9. The Hall–Kier alpha value is -2.63. The molecule has 6 nitrogen and oxygen atoms in total. The van der Waals surface area contributed by atoms with E-state index in [9.17, 15) is 14.4 Å². The summed E-state index contributed by atoms with van der Waals surface area (Å²) in [5, 5.41) is 0.660. The predicted molar refractivity (Wildman–Crippen MR) is 93.2 cm³/mol. The molecule has 0 unspecified atom stereocenters. The maximum Gasteiger partial charge on any atom is 0.347 e. The van der Waals surface area contributed by atoms with Crippen LogP contribution in [0.15, 0.2) is 27.4 Å². The maximum absolute atomic E-state index is 12.5. The van der Waals surface area contributed by atoms with Crippen molar-refractivity contribution in [2.24, 2.45) is 0 Å². The number of fused-ring (bicyclic) bond motifs is 1. The number of rotatable bonds is 7. The van der Waals surface area contributed by atoms with Gasteiger partial charge in [-0.1, -0.05) is 13.8 Å². The van der Waals surface area contributed by atoms with Crippen LogP contribution in [0.5, 0.6) is 5.75 Å². The number of hydrogen-bond acceptors (Lipinski definition) is 6. The maximum atomic E-state index is 12.5. The van der Waals surface area contributed by atoms with Crippen LogP contribution in [0, 0.1) is 6.92 Å². The van der Waals surface area contributed by atoms with Gasteiger partial charge in [-0.25, -0.2) is 9.59 Å². The molecule has 0 amide bonds. The minimum absolute atomic E-state index is 0.184. The van der Waals surface area contributed by atoms with Gasteiger partial charge in [-0.15, -0.1) is 0 Å². The molecule has 0 fully saturated rings. The monoisotopic (exact) mass is 346 g/mol. The Labute approximate surface area is 145 Å². The zero-order chi connectivity index (χ0) is 18.6. The molecule has 2 rings (SSSR count). The lowest BCUT2D eigenvalue weighted by atomic mass is 10.0. The first-order valence-electron chi connectivity index (χ1n) is 8.36. The third-order valence-corrected chi connectivity index (χ3v) is 3.87. The Kier molecular flexibility index (Phi) is 5.96. The molecule has 25 heavy (non-hydrogen) atoms. The number of Topliss-reactive ketones (excluding diaryl/α,β-unsaturated/α-hetero) is 1. The molecule has 1 aromatic heterocycles. The number of ether oxygens (including phenoxy) is 2. The van der Waals surface area contributed by atoms with Gasteiger partial charge < -0.3 is 13.9 Å². The molecule has 0 aliphatic carbocycles. The van der Waals surface area contributed by atoms with E-state index < -0.39 is 17.7 Å². The third-order valence-electron chi connectivity index (χ3n) is 3.87. The van der Waals surface area contributed by atoms with E-state index in [1.54, 1.807) is 39.8 Å². The number of aryl methyl sites for hydroxylation is 1. The molecule has 0 aliphatic heterocycles. The van der Waals surface area contributed by atoms with E-state index in [1.807, 2.05) is 0 Å². The molecular weight excluding hydrogens is 324 g/mol. The molecule has 1 aromatic carbocycles. The highest BCUT2D eigenvalue weighted by Crippen LogP contribution is 2.31. The quantitative estimate of drug-likeness (QED) is 0.434. The van der Waals surface area contributed by atoms with Gasteiger partial charge in [0.25, 0.3) is 0 Å². The Morgan fingerprint density at radius 3 is 2.52 bits per heavy atom. The molecule has 6 heteroatoms. The first kappa shape index (κ1) is 18.7. The largest absolute Gasteiger partial charge is 0.478 e. The van der Waals surface area contributed by atoms with Crippen LogP contribution in [0.4, 0.5) is 0 Å². The van der Waals surface area contributed by atoms with Gasteiger partial charge in [-0.3, -0.25) is 4.79 Å². The lowest BCUT2D eigenvalue weighted by Crippen LogP contribution is -2.29. The van der Waals surface area contributed by atoms with Crippen molar-refractivity contribution < 1.29 is 23.5 Å². The Balaban J connectivity index is 2.61. The van der Waals surface area contributed by atoms with Crippen LogP contribution in [-0.4, -0.2) is 24.5 Å². The van der Waals surface area contributed by atoms with Crippen molar-refractivity contribution in [1.82, 2.24) is 0 Å². The highest BCUT2D eigenvalue weighted by atomic mass is 16.6. The van der Waals surface area contributed by atoms with E-state index in [-0.39, 0.29) is 35.7 Å². The van der Waals surface area contributed by atoms with Crippen LogP contribution in [0.2, 0.25) is 0 Å². The predicted octanol–water partition coefficient (Wildman–Crippen LogP) is 3.41. The Morgan fingerprint density at radius 1 is 1.20 bits per heavy atom. The van der Waals surface area contributed by atoms with Crippen LogP contribution in [-0.2, 0) is 9.53 Å². The van der Waals surface area contributed by atoms with E-state index in [2.05, 4.69) is 0 Å². The first-order chi connectivity index (χ1) is 11.9. The fraction of sp³-hybridized carbons (Fsp3) is 0.421. The first-order valence-corrected chi connectivity index (χ1v) is 8.36. The smallest absolute Gasteiger partial charge is 0.347 e. The lowest BCUT2D eigenvalue weighted by Gasteiger charge is -2.18. The third kappa shape index (κ3) is 3.90. The van der Waals surface area contributed by atoms with Crippen molar-refractivity contribution >= 4 is 22.7 Å². The number of ketones is 1. The summed E-state index contributed by atoms with van der Waals surface area (Å²) in [4.78, 5) is 36.2. The van der Waals surface area contributed by atoms with Crippen molar-refractivity contribution in [2.75, 3.05) is 6.61 Å². The normalized spacial score (nSPS) is 12.0. The number of carbonyl (C=O) groups excluding carboxylic acids is 2. The van der Waals surface area contributed by atoms with Gasteiger partial charge in [0.15, 0.2) is 17.5 Å². The molecule has 0 N–H and O–H groups in total. The molecule has 0 saturated carbocycles. The summed E-state index contributed by atoms with van der Waals surface area (Å²) in [5.74, 6) is -0.508. The van der Waals surface area contributed by atoms with Crippen molar-refractivity contribution in [3.05, 3.63) is 39.7 Å². The zero-order valence-electron chi connectivity index (χ0n) is 14.9. The molecule has 0 radical (unpaired) electrons. The van der Waals surface area contributed by atoms with E-state index in [0.29, 0.717) is 17.4 Å². The van der Waals surface area contributed by atoms with E-state index in [0.717, 1.165) is 0 Å². The summed E-state index contributed by atoms with van der Waals surface area (Å²) in [6.45, 7) is 7.22.